The van der Waals surface area contributed by atoms with Crippen LogP contribution in [0.15, 0.2) is 23.3 Å². The minimum Gasteiger partial charge on any atom is -0.497 e. The maximum atomic E-state index is 12.8. The van der Waals surface area contributed by atoms with Crippen LogP contribution in [0, 0.1) is 5.92 Å². The van der Waals surface area contributed by atoms with Gasteiger partial charge in [0.25, 0.3) is 5.91 Å². The van der Waals surface area contributed by atoms with E-state index in [0.29, 0.717) is 5.75 Å². The summed E-state index contributed by atoms with van der Waals surface area (Å²) in [5.74, 6) is -3.32. The van der Waals surface area contributed by atoms with Crippen LogP contribution in [0.4, 0.5) is 5.69 Å². The van der Waals surface area contributed by atoms with E-state index in [-0.39, 0.29) is 21.7 Å². The highest BCUT2D eigenvalue weighted by atomic mass is 32.1. The summed E-state index contributed by atoms with van der Waals surface area (Å²) in [7, 11) is 2.88. The topological polar surface area (TPSA) is 156 Å². The van der Waals surface area contributed by atoms with Crippen LogP contribution < -0.4 is 36.6 Å². The van der Waals surface area contributed by atoms with Crippen LogP contribution in [0.3, 0.4) is 0 Å². The van der Waals surface area contributed by atoms with Crippen molar-refractivity contribution in [2.24, 2.45) is 16.8 Å². The van der Waals surface area contributed by atoms with Gasteiger partial charge >= 0.3 is 0 Å². The molecule has 0 spiro atoms. The molecule has 0 aromatic heterocycles. The first-order valence-corrected chi connectivity index (χ1v) is 8.40. The zero-order valence-electron chi connectivity index (χ0n) is 14.7. The molecule has 1 aromatic rings. The zero-order chi connectivity index (χ0) is 20.8. The molecule has 0 radical (unpaired) electrons. The monoisotopic (exact) mass is 424 g/mol. The molecule has 1 saturated heterocycles. The van der Waals surface area contributed by atoms with Gasteiger partial charge in [-0.2, -0.15) is 5.10 Å². The lowest BCUT2D eigenvalue weighted by Gasteiger charge is -2.23. The van der Waals surface area contributed by atoms with Crippen molar-refractivity contribution in [3.8, 4) is 11.5 Å². The first-order valence-electron chi connectivity index (χ1n) is 7.59. The Morgan fingerprint density at radius 3 is 2.39 bits per heavy atom. The largest absolute Gasteiger partial charge is 0.497 e. The van der Waals surface area contributed by atoms with Crippen molar-refractivity contribution in [3.05, 3.63) is 18.2 Å². The van der Waals surface area contributed by atoms with Crippen LogP contribution >= 0.6 is 24.4 Å². The molecule has 0 atom stereocenters. The van der Waals surface area contributed by atoms with Gasteiger partial charge in [-0.15, -0.1) is 0 Å². The number of hydrogen-bond donors (Lipinski definition) is 5. The summed E-state index contributed by atoms with van der Waals surface area (Å²) in [4.78, 5) is 37.2. The van der Waals surface area contributed by atoms with Crippen molar-refractivity contribution >= 4 is 63.8 Å². The molecule has 0 saturated carbocycles. The molecule has 1 fully saturated rings. The maximum Gasteiger partial charge on any atom is 0.273 e. The van der Waals surface area contributed by atoms with Crippen molar-refractivity contribution in [3.63, 3.8) is 0 Å². The Morgan fingerprint density at radius 1 is 1.21 bits per heavy atom. The van der Waals surface area contributed by atoms with Gasteiger partial charge in [0, 0.05) is 6.07 Å². The number of nitrogens with two attached hydrogens (primary N) is 1. The number of ether oxygens (including phenoxy) is 2. The molecule has 2 rings (SSSR count). The van der Waals surface area contributed by atoms with Crippen molar-refractivity contribution in [1.29, 1.82) is 0 Å². The van der Waals surface area contributed by atoms with Gasteiger partial charge in [0.2, 0.25) is 11.8 Å². The normalized spacial score (nSPS) is 14.6. The molecule has 1 heterocycles. The molecular weight excluding hydrogens is 408 g/mol. The van der Waals surface area contributed by atoms with Crippen LogP contribution in [-0.2, 0) is 14.4 Å². The molecule has 148 valence electrons. The van der Waals surface area contributed by atoms with Crippen molar-refractivity contribution < 1.29 is 23.9 Å². The van der Waals surface area contributed by atoms with Gasteiger partial charge in [-0.3, -0.25) is 19.8 Å². The Kier molecular flexibility index (Phi) is 6.79. The van der Waals surface area contributed by atoms with Crippen molar-refractivity contribution in [2.75, 3.05) is 19.5 Å². The van der Waals surface area contributed by atoms with E-state index in [1.165, 1.54) is 26.4 Å². The lowest BCUT2D eigenvalue weighted by atomic mass is 9.99. The second kappa shape index (κ2) is 9.05. The van der Waals surface area contributed by atoms with E-state index in [1.54, 1.807) is 6.07 Å². The average Bonchev–Trinajstić information content (AvgIpc) is 2.63. The van der Waals surface area contributed by atoms with E-state index >= 15 is 0 Å². The number of nitrogens with zero attached hydrogens (tertiary/aromatic N) is 1. The van der Waals surface area contributed by atoms with Crippen LogP contribution in [-0.4, -0.2) is 47.9 Å². The molecule has 1 aliphatic heterocycles. The minimum absolute atomic E-state index is 0.176. The quantitative estimate of drug-likeness (QED) is 0.167. The Bertz CT molecular complexity index is 868. The molecule has 0 aliphatic carbocycles. The van der Waals surface area contributed by atoms with Crippen LogP contribution in [0.5, 0.6) is 11.5 Å². The molecule has 6 N–H and O–H groups in total. The van der Waals surface area contributed by atoms with E-state index in [9.17, 15) is 14.4 Å². The predicted octanol–water partition coefficient (Wildman–Crippen LogP) is -1.02. The Morgan fingerprint density at radius 2 is 1.86 bits per heavy atom. The summed E-state index contributed by atoms with van der Waals surface area (Å²) in [6, 6.07) is 4.64. The summed E-state index contributed by atoms with van der Waals surface area (Å²) in [6.45, 7) is 0. The van der Waals surface area contributed by atoms with Crippen LogP contribution in [0.1, 0.15) is 0 Å². The van der Waals surface area contributed by atoms with E-state index in [2.05, 4.69) is 38.7 Å². The first kappa shape index (κ1) is 21.0. The molecular formula is C15H16N6O5S2. The summed E-state index contributed by atoms with van der Waals surface area (Å²) in [6.07, 6.45) is 0. The summed E-state index contributed by atoms with van der Waals surface area (Å²) in [5, 5.41) is 10.3. The van der Waals surface area contributed by atoms with E-state index in [4.69, 9.17) is 27.4 Å². The lowest BCUT2D eigenvalue weighted by Crippen LogP contribution is -2.59. The van der Waals surface area contributed by atoms with Gasteiger partial charge < -0.3 is 31.2 Å². The van der Waals surface area contributed by atoms with Crippen molar-refractivity contribution in [2.45, 2.75) is 0 Å². The highest BCUT2D eigenvalue weighted by Gasteiger charge is 2.40. The minimum atomic E-state index is -1.59. The standard InChI is InChI=1S/C15H16N6O5S2/c1-25-6-3-4-7(8(5-6)26-2)17-13(24)10(20-21-14(16)27)9-11(22)18-15(28)19-12(9)23/h3-5,9H,1-2H3,(H,17,24)(H3,16,21,27)(H2,18,19,22,23,28)/b20-10+. The number of nitrogens with one attached hydrogen (secondary N) is 4. The Hall–Kier alpha value is -3.32. The van der Waals surface area contributed by atoms with E-state index < -0.39 is 29.4 Å². The first-order chi connectivity index (χ1) is 13.3. The van der Waals surface area contributed by atoms with Crippen LogP contribution in [0.25, 0.3) is 0 Å². The highest BCUT2D eigenvalue weighted by molar-refractivity contribution is 7.80. The number of hydrogen-bond acceptors (Lipinski definition) is 8. The third-order valence-electron chi connectivity index (χ3n) is 3.45. The number of methoxy groups -OCH3 is 2. The molecule has 0 unspecified atom stereocenters. The fourth-order valence-electron chi connectivity index (χ4n) is 2.22. The second-order valence-corrected chi connectivity index (χ2v) is 6.08. The molecule has 13 heteroatoms. The second-order valence-electron chi connectivity index (χ2n) is 5.23. The number of hydrazone groups is 1. The maximum absolute atomic E-state index is 12.8. The third-order valence-corrected chi connectivity index (χ3v) is 3.74. The number of rotatable bonds is 6. The number of amides is 3. The van der Waals surface area contributed by atoms with Gasteiger partial charge in [-0.1, -0.05) is 0 Å². The fourth-order valence-corrected chi connectivity index (χ4v) is 2.46. The fraction of sp³-hybridized carbons (Fsp3) is 0.200. The van der Waals surface area contributed by atoms with Crippen LogP contribution in [0.2, 0.25) is 0 Å². The summed E-state index contributed by atoms with van der Waals surface area (Å²) < 4.78 is 10.3. The molecule has 28 heavy (non-hydrogen) atoms. The molecule has 3 amide bonds. The number of carbonyl (C=O) groups excluding carboxylic acids is 3. The highest BCUT2D eigenvalue weighted by Crippen LogP contribution is 2.29. The van der Waals surface area contributed by atoms with Gasteiger partial charge in [0.05, 0.1) is 19.9 Å². The van der Waals surface area contributed by atoms with Crippen molar-refractivity contribution in [1.82, 2.24) is 16.1 Å². The zero-order valence-corrected chi connectivity index (χ0v) is 16.3. The predicted molar refractivity (Wildman–Crippen MR) is 108 cm³/mol. The SMILES string of the molecule is COc1ccc(NC(=O)/C(=N/NC(N)=S)C2C(=O)NC(=S)NC2=O)c(OC)c1. The number of anilines is 1. The number of carbonyl (C=O) groups is 3. The number of thiocarbonyl (C=S) groups is 2. The Balaban J connectivity index is 2.36. The lowest BCUT2D eigenvalue weighted by molar-refractivity contribution is -0.132. The van der Waals surface area contributed by atoms with Gasteiger partial charge in [0.15, 0.2) is 16.1 Å². The van der Waals surface area contributed by atoms with Gasteiger partial charge in [0.1, 0.15) is 17.2 Å². The molecule has 0 bridgehead atoms. The summed E-state index contributed by atoms with van der Waals surface area (Å²) >= 11 is 9.39. The van der Waals surface area contributed by atoms with Gasteiger partial charge in [-0.05, 0) is 36.6 Å². The number of benzene rings is 1. The van der Waals surface area contributed by atoms with Gasteiger partial charge in [-0.25, -0.2) is 0 Å². The van der Waals surface area contributed by atoms with E-state index in [1.807, 2.05) is 0 Å². The summed E-state index contributed by atoms with van der Waals surface area (Å²) in [5.41, 5.74) is 7.29. The Labute approximate surface area is 170 Å². The van der Waals surface area contributed by atoms with E-state index in [0.717, 1.165) is 0 Å². The molecule has 1 aliphatic rings. The smallest absolute Gasteiger partial charge is 0.273 e. The average molecular weight is 424 g/mol. The molecule has 1 aromatic carbocycles. The third kappa shape index (κ3) is 4.89. The molecule has 11 nitrogen and oxygen atoms in total.